The number of anilines is 1. The van der Waals surface area contributed by atoms with Gasteiger partial charge in [-0.3, -0.25) is 4.52 Å². The molecule has 2 aromatic rings. The van der Waals surface area contributed by atoms with E-state index in [2.05, 4.69) is 5.32 Å². The number of sulfonamides is 1. The predicted molar refractivity (Wildman–Crippen MR) is 126 cm³/mol. The van der Waals surface area contributed by atoms with Crippen molar-refractivity contribution in [2.45, 2.75) is 37.3 Å². The topological polar surface area (TPSA) is 179 Å². The summed E-state index contributed by atoms with van der Waals surface area (Å²) in [5.74, 6) is -0.153. The molecule has 2 aromatic carbocycles. The van der Waals surface area contributed by atoms with Gasteiger partial charge in [-0.2, -0.15) is 4.31 Å². The van der Waals surface area contributed by atoms with Gasteiger partial charge in [-0.05, 0) is 42.2 Å². The monoisotopic (exact) mass is 515 g/mol. The number of benzene rings is 2. The summed E-state index contributed by atoms with van der Waals surface area (Å²) in [5, 5.41) is 11.6. The van der Waals surface area contributed by atoms with Gasteiger partial charge in [0.05, 0.1) is 10.9 Å². The van der Waals surface area contributed by atoms with Gasteiger partial charge in [-0.1, -0.05) is 44.2 Å². The van der Waals surface area contributed by atoms with E-state index in [-0.39, 0.29) is 23.8 Å². The largest absolute Gasteiger partial charge is 0.469 e. The molecule has 34 heavy (non-hydrogen) atoms. The number of phosphoric acid groups is 1. The Morgan fingerprint density at radius 2 is 1.68 bits per heavy atom. The maximum absolute atomic E-state index is 13.4. The summed E-state index contributed by atoms with van der Waals surface area (Å²) in [5.41, 5.74) is 6.69. The molecule has 188 valence electrons. The predicted octanol–water partition coefficient (Wildman–Crippen LogP) is 2.27. The molecule has 2 atom stereocenters. The molecule has 0 saturated heterocycles. The molecule has 0 aliphatic rings. The van der Waals surface area contributed by atoms with Crippen LogP contribution >= 0.6 is 7.82 Å². The third-order valence-electron chi connectivity index (χ3n) is 4.80. The highest BCUT2D eigenvalue weighted by atomic mass is 32.2. The molecule has 0 bridgehead atoms. The number of nitrogens with zero attached hydrogens (tertiary/aromatic N) is 1. The fourth-order valence-electron chi connectivity index (χ4n) is 3.38. The van der Waals surface area contributed by atoms with Crippen LogP contribution < -0.4 is 11.1 Å². The van der Waals surface area contributed by atoms with Crippen LogP contribution in [0.3, 0.4) is 0 Å². The zero-order chi connectivity index (χ0) is 25.5. The van der Waals surface area contributed by atoms with Crippen LogP contribution in [0.1, 0.15) is 19.4 Å². The fraction of sp³-hybridized carbons (Fsp3) is 0.381. The number of rotatable bonds is 12. The van der Waals surface area contributed by atoms with Gasteiger partial charge in [-0.15, -0.1) is 0 Å². The first-order chi connectivity index (χ1) is 15.8. The number of hydrogen-bond donors (Lipinski definition) is 5. The van der Waals surface area contributed by atoms with Gasteiger partial charge in [0.25, 0.3) is 0 Å². The Bertz CT molecular complexity index is 1090. The number of nitrogen functional groups attached to an aromatic ring is 1. The molecular weight excluding hydrogens is 485 g/mol. The van der Waals surface area contributed by atoms with E-state index in [9.17, 15) is 32.7 Å². The lowest BCUT2D eigenvalue weighted by Crippen LogP contribution is -2.51. The summed E-state index contributed by atoms with van der Waals surface area (Å²) in [6, 6.07) is 13.0. The lowest BCUT2D eigenvalue weighted by Gasteiger charge is -2.32. The molecule has 0 fully saturated rings. The van der Waals surface area contributed by atoms with Crippen LogP contribution in [-0.4, -0.2) is 58.9 Å². The van der Waals surface area contributed by atoms with E-state index >= 15 is 0 Å². The van der Waals surface area contributed by atoms with Gasteiger partial charge in [0.1, 0.15) is 6.10 Å². The van der Waals surface area contributed by atoms with E-state index in [1.807, 2.05) is 0 Å². The lowest BCUT2D eigenvalue weighted by atomic mass is 10.0. The van der Waals surface area contributed by atoms with Crippen LogP contribution in [0.2, 0.25) is 0 Å². The summed E-state index contributed by atoms with van der Waals surface area (Å²) in [7, 11) is -9.24. The minimum atomic E-state index is -5.12. The Labute approximate surface area is 198 Å². The molecule has 2 unspecified atom stereocenters. The van der Waals surface area contributed by atoms with Gasteiger partial charge in [0.15, 0.2) is 0 Å². The minimum Gasteiger partial charge on any atom is -0.465 e. The molecule has 0 spiro atoms. The third-order valence-corrected chi connectivity index (χ3v) is 7.19. The summed E-state index contributed by atoms with van der Waals surface area (Å²) in [6.45, 7) is 3.05. The molecule has 0 aliphatic heterocycles. The van der Waals surface area contributed by atoms with Crippen LogP contribution in [0.5, 0.6) is 0 Å². The van der Waals surface area contributed by atoms with Gasteiger partial charge in [0, 0.05) is 18.8 Å². The standard InChI is InChI=1S/C21H30N3O8PS/c1-15(2)13-24(34(30,31)18-10-8-17(22)9-11-18)14-20(32-33(27,28)29)19(23-21(25)26)12-16-6-4-3-5-7-16/h3-11,15,19-20,23H,12-14,22H2,1-2H3,(H,25,26)(H2,27,28,29). The number of nitrogens with two attached hydrogens (primary N) is 1. The van der Waals surface area contributed by atoms with Crippen molar-refractivity contribution < 1.29 is 37.2 Å². The maximum atomic E-state index is 13.4. The van der Waals surface area contributed by atoms with Crippen LogP contribution in [0.25, 0.3) is 0 Å². The van der Waals surface area contributed by atoms with Gasteiger partial charge in [0.2, 0.25) is 10.0 Å². The SMILES string of the molecule is CC(C)CN(CC(OP(=O)(O)O)C(Cc1ccccc1)NC(=O)O)S(=O)(=O)c1ccc(N)cc1. The van der Waals surface area contributed by atoms with Gasteiger partial charge in [-0.25, -0.2) is 17.8 Å². The van der Waals surface area contributed by atoms with Crippen LogP contribution in [0, 0.1) is 5.92 Å². The van der Waals surface area contributed by atoms with E-state index in [0.29, 0.717) is 11.3 Å². The number of carbonyl (C=O) groups is 1. The first-order valence-electron chi connectivity index (χ1n) is 10.4. The zero-order valence-corrected chi connectivity index (χ0v) is 20.5. The molecule has 0 radical (unpaired) electrons. The van der Waals surface area contributed by atoms with E-state index in [1.165, 1.54) is 24.3 Å². The van der Waals surface area contributed by atoms with Gasteiger partial charge >= 0.3 is 13.9 Å². The smallest absolute Gasteiger partial charge is 0.465 e. The van der Waals surface area contributed by atoms with Crippen molar-refractivity contribution in [1.82, 2.24) is 9.62 Å². The molecule has 0 aromatic heterocycles. The first-order valence-corrected chi connectivity index (χ1v) is 13.4. The quantitative estimate of drug-likeness (QED) is 0.209. The highest BCUT2D eigenvalue weighted by Crippen LogP contribution is 2.39. The van der Waals surface area contributed by atoms with Crippen molar-refractivity contribution in [3.8, 4) is 0 Å². The zero-order valence-electron chi connectivity index (χ0n) is 18.8. The Morgan fingerprint density at radius 1 is 1.09 bits per heavy atom. The second kappa shape index (κ2) is 11.8. The molecule has 11 nitrogen and oxygen atoms in total. The lowest BCUT2D eigenvalue weighted by molar-refractivity contribution is 0.0824. The van der Waals surface area contributed by atoms with E-state index in [0.717, 1.165) is 4.31 Å². The fourth-order valence-corrected chi connectivity index (χ4v) is 5.56. The highest BCUT2D eigenvalue weighted by Gasteiger charge is 2.36. The molecule has 0 aliphatic carbocycles. The van der Waals surface area contributed by atoms with Crippen LogP contribution in [0.15, 0.2) is 59.5 Å². The van der Waals surface area contributed by atoms with Gasteiger partial charge < -0.3 is 25.9 Å². The summed E-state index contributed by atoms with van der Waals surface area (Å²) >= 11 is 0. The van der Waals surface area contributed by atoms with Crippen LogP contribution in [-0.2, 0) is 25.5 Å². The average Bonchev–Trinajstić information content (AvgIpc) is 2.71. The van der Waals surface area contributed by atoms with Crippen molar-refractivity contribution in [1.29, 1.82) is 0 Å². The van der Waals surface area contributed by atoms with Crippen LogP contribution in [0.4, 0.5) is 10.5 Å². The van der Waals surface area contributed by atoms with E-state index < -0.39 is 42.6 Å². The Balaban J connectivity index is 2.48. The summed E-state index contributed by atoms with van der Waals surface area (Å²) < 4.78 is 44.5. The molecule has 0 heterocycles. The Hall–Kier alpha value is -2.47. The normalized spacial score (nSPS) is 14.2. The van der Waals surface area contributed by atoms with Crippen molar-refractivity contribution in [2.75, 3.05) is 18.8 Å². The second-order valence-electron chi connectivity index (χ2n) is 8.17. The van der Waals surface area contributed by atoms with Crippen molar-refractivity contribution >= 4 is 29.6 Å². The molecule has 0 saturated carbocycles. The third kappa shape index (κ3) is 8.71. The van der Waals surface area contributed by atoms with E-state index in [1.54, 1.807) is 44.2 Å². The number of hydrogen-bond acceptors (Lipinski definition) is 6. The number of phosphoric ester groups is 1. The van der Waals surface area contributed by atoms with E-state index in [4.69, 9.17) is 10.3 Å². The summed E-state index contributed by atoms with van der Waals surface area (Å²) in [4.78, 5) is 30.4. The number of nitrogens with one attached hydrogen (secondary N) is 1. The highest BCUT2D eigenvalue weighted by molar-refractivity contribution is 7.89. The Kier molecular flexibility index (Phi) is 9.63. The van der Waals surface area contributed by atoms with Crippen molar-refractivity contribution in [3.05, 3.63) is 60.2 Å². The molecular formula is C21H30N3O8PS. The molecule has 1 amide bonds. The molecule has 2 rings (SSSR count). The molecule has 6 N–H and O–H groups in total. The van der Waals surface area contributed by atoms with Crippen molar-refractivity contribution in [2.24, 2.45) is 5.92 Å². The first kappa shape index (κ1) is 27.8. The number of amides is 1. The summed E-state index contributed by atoms with van der Waals surface area (Å²) in [6.07, 6.45) is -2.94. The average molecular weight is 516 g/mol. The number of carboxylic acid groups (broad SMARTS) is 1. The molecule has 13 heteroatoms. The minimum absolute atomic E-state index is 0.00113. The maximum Gasteiger partial charge on any atom is 0.469 e. The van der Waals surface area contributed by atoms with Crippen molar-refractivity contribution in [3.63, 3.8) is 0 Å². The second-order valence-corrected chi connectivity index (χ2v) is 11.3. The Morgan fingerprint density at radius 3 is 2.18 bits per heavy atom.